The minimum atomic E-state index is -0.334. The molecule has 0 unspecified atom stereocenters. The molecule has 1 aliphatic rings. The van der Waals surface area contributed by atoms with Crippen LogP contribution >= 0.6 is 0 Å². The molecule has 5 nitrogen and oxygen atoms in total. The SMILES string of the molecule is COc1cccc(C#N)c1NC(=O)CC1(OC)CCC1. The largest absolute Gasteiger partial charge is 0.495 e. The Kier molecular flexibility index (Phi) is 4.26. The van der Waals surface area contributed by atoms with Gasteiger partial charge in [0.2, 0.25) is 5.91 Å². The number of benzene rings is 1. The first-order valence-corrected chi connectivity index (χ1v) is 6.56. The highest BCUT2D eigenvalue weighted by Crippen LogP contribution is 2.38. The Hall–Kier alpha value is -2.06. The fraction of sp³-hybridized carbons (Fsp3) is 0.467. The maximum atomic E-state index is 12.2. The zero-order chi connectivity index (χ0) is 14.6. The zero-order valence-corrected chi connectivity index (χ0v) is 11.7. The number of nitrogens with zero attached hydrogens (tertiary/aromatic N) is 1. The summed E-state index contributed by atoms with van der Waals surface area (Å²) in [5.74, 6) is 0.324. The normalized spacial score (nSPS) is 15.8. The van der Waals surface area contributed by atoms with Gasteiger partial charge in [-0.05, 0) is 31.4 Å². The van der Waals surface area contributed by atoms with Gasteiger partial charge in [0.15, 0.2) is 0 Å². The van der Waals surface area contributed by atoms with E-state index < -0.39 is 0 Å². The Balaban J connectivity index is 2.13. The minimum absolute atomic E-state index is 0.160. The monoisotopic (exact) mass is 274 g/mol. The fourth-order valence-corrected chi connectivity index (χ4v) is 2.42. The lowest BCUT2D eigenvalue weighted by Gasteiger charge is -2.39. The molecule has 20 heavy (non-hydrogen) atoms. The molecule has 0 spiro atoms. The van der Waals surface area contributed by atoms with Gasteiger partial charge < -0.3 is 14.8 Å². The number of para-hydroxylation sites is 1. The van der Waals surface area contributed by atoms with E-state index in [1.54, 1.807) is 25.3 Å². The van der Waals surface area contributed by atoms with Gasteiger partial charge in [-0.2, -0.15) is 5.26 Å². The van der Waals surface area contributed by atoms with Crippen LogP contribution in [-0.4, -0.2) is 25.7 Å². The van der Waals surface area contributed by atoms with Gasteiger partial charge in [0.1, 0.15) is 17.5 Å². The molecule has 1 saturated carbocycles. The van der Waals surface area contributed by atoms with Crippen LogP contribution in [0.1, 0.15) is 31.2 Å². The van der Waals surface area contributed by atoms with Gasteiger partial charge in [-0.15, -0.1) is 0 Å². The van der Waals surface area contributed by atoms with Crippen LogP contribution in [0.15, 0.2) is 18.2 Å². The van der Waals surface area contributed by atoms with Crippen LogP contribution in [0.25, 0.3) is 0 Å². The summed E-state index contributed by atoms with van der Waals surface area (Å²) in [6, 6.07) is 7.13. The van der Waals surface area contributed by atoms with Crippen molar-refractivity contribution in [3.05, 3.63) is 23.8 Å². The smallest absolute Gasteiger partial charge is 0.227 e. The summed E-state index contributed by atoms with van der Waals surface area (Å²) in [6.07, 6.45) is 3.17. The third kappa shape index (κ3) is 2.75. The quantitative estimate of drug-likeness (QED) is 0.895. The topological polar surface area (TPSA) is 71.3 Å². The average molecular weight is 274 g/mol. The van der Waals surface area contributed by atoms with E-state index in [1.165, 1.54) is 7.11 Å². The molecule has 0 saturated heterocycles. The number of nitrogens with one attached hydrogen (secondary N) is 1. The van der Waals surface area contributed by atoms with Gasteiger partial charge in [-0.3, -0.25) is 4.79 Å². The van der Waals surface area contributed by atoms with Crippen LogP contribution in [-0.2, 0) is 9.53 Å². The number of carbonyl (C=O) groups is 1. The van der Waals surface area contributed by atoms with Crippen LogP contribution < -0.4 is 10.1 Å². The summed E-state index contributed by atoms with van der Waals surface area (Å²) in [5, 5.41) is 11.9. The van der Waals surface area contributed by atoms with E-state index in [0.717, 1.165) is 19.3 Å². The average Bonchev–Trinajstić information content (AvgIpc) is 2.43. The number of amides is 1. The maximum Gasteiger partial charge on any atom is 0.227 e. The predicted octanol–water partition coefficient (Wildman–Crippen LogP) is 2.46. The Morgan fingerprint density at radius 3 is 2.70 bits per heavy atom. The third-order valence-electron chi connectivity index (χ3n) is 3.81. The summed E-state index contributed by atoms with van der Waals surface area (Å²) in [4.78, 5) is 12.2. The lowest BCUT2D eigenvalue weighted by Crippen LogP contribution is -2.42. The van der Waals surface area contributed by atoms with E-state index in [2.05, 4.69) is 11.4 Å². The van der Waals surface area contributed by atoms with Gasteiger partial charge in [0.25, 0.3) is 0 Å². The molecule has 0 aliphatic heterocycles. The van der Waals surface area contributed by atoms with Crippen LogP contribution in [0.3, 0.4) is 0 Å². The fourth-order valence-electron chi connectivity index (χ4n) is 2.42. The van der Waals surface area contributed by atoms with Crippen molar-refractivity contribution < 1.29 is 14.3 Å². The van der Waals surface area contributed by atoms with Crippen molar-refractivity contribution in [3.63, 3.8) is 0 Å². The predicted molar refractivity (Wildman–Crippen MR) is 74.5 cm³/mol. The number of carbonyl (C=O) groups excluding carboxylic acids is 1. The standard InChI is InChI=1S/C15H18N2O3/c1-19-12-6-3-5-11(10-16)14(12)17-13(18)9-15(20-2)7-4-8-15/h3,5-6H,4,7-9H2,1-2H3,(H,17,18). The van der Waals surface area contributed by atoms with Crippen LogP contribution in [0.5, 0.6) is 5.75 Å². The van der Waals surface area contributed by atoms with Gasteiger partial charge in [-0.25, -0.2) is 0 Å². The first-order chi connectivity index (χ1) is 9.64. The van der Waals surface area contributed by atoms with Crippen molar-refractivity contribution in [2.45, 2.75) is 31.3 Å². The van der Waals surface area contributed by atoms with E-state index in [1.807, 2.05) is 0 Å². The molecular weight excluding hydrogens is 256 g/mol. The molecule has 5 heteroatoms. The van der Waals surface area contributed by atoms with E-state index in [4.69, 9.17) is 14.7 Å². The van der Waals surface area contributed by atoms with Crippen molar-refractivity contribution in [3.8, 4) is 11.8 Å². The second-order valence-electron chi connectivity index (χ2n) is 4.96. The minimum Gasteiger partial charge on any atom is -0.495 e. The Morgan fingerprint density at radius 2 is 2.20 bits per heavy atom. The summed E-state index contributed by atoms with van der Waals surface area (Å²) < 4.78 is 10.6. The zero-order valence-electron chi connectivity index (χ0n) is 11.7. The van der Waals surface area contributed by atoms with Crippen LogP contribution in [0, 0.1) is 11.3 Å². The van der Waals surface area contributed by atoms with Gasteiger partial charge >= 0.3 is 0 Å². The molecule has 1 aliphatic carbocycles. The molecule has 0 atom stereocenters. The molecule has 106 valence electrons. The van der Waals surface area contributed by atoms with Crippen molar-refractivity contribution in [2.24, 2.45) is 0 Å². The molecule has 0 radical (unpaired) electrons. The number of ether oxygens (including phenoxy) is 2. The molecule has 1 amide bonds. The molecule has 1 aromatic carbocycles. The summed E-state index contributed by atoms with van der Waals surface area (Å²) in [5.41, 5.74) is 0.477. The molecule has 0 bridgehead atoms. The van der Waals surface area contributed by atoms with Crippen molar-refractivity contribution >= 4 is 11.6 Å². The second-order valence-corrected chi connectivity index (χ2v) is 4.96. The second kappa shape index (κ2) is 5.93. The summed E-state index contributed by atoms with van der Waals surface area (Å²) in [6.45, 7) is 0. The lowest BCUT2D eigenvalue weighted by atomic mass is 9.77. The van der Waals surface area contributed by atoms with Crippen molar-refractivity contribution in [1.82, 2.24) is 0 Å². The number of hydrogen-bond acceptors (Lipinski definition) is 4. The molecule has 1 aromatic rings. The van der Waals surface area contributed by atoms with Gasteiger partial charge in [0, 0.05) is 7.11 Å². The number of rotatable bonds is 5. The van der Waals surface area contributed by atoms with E-state index >= 15 is 0 Å². The van der Waals surface area contributed by atoms with Gasteiger partial charge in [-0.1, -0.05) is 6.07 Å². The Bertz CT molecular complexity index is 539. The molecule has 0 heterocycles. The maximum absolute atomic E-state index is 12.2. The number of anilines is 1. The highest BCUT2D eigenvalue weighted by atomic mass is 16.5. The third-order valence-corrected chi connectivity index (χ3v) is 3.81. The highest BCUT2D eigenvalue weighted by Gasteiger charge is 2.39. The molecule has 0 aromatic heterocycles. The van der Waals surface area contributed by atoms with Crippen molar-refractivity contribution in [2.75, 3.05) is 19.5 Å². The van der Waals surface area contributed by atoms with E-state index in [0.29, 0.717) is 23.4 Å². The van der Waals surface area contributed by atoms with Crippen molar-refractivity contribution in [1.29, 1.82) is 5.26 Å². The van der Waals surface area contributed by atoms with Gasteiger partial charge in [0.05, 0.1) is 24.7 Å². The number of methoxy groups -OCH3 is 2. The first kappa shape index (κ1) is 14.4. The number of nitriles is 1. The van der Waals surface area contributed by atoms with Crippen LogP contribution in [0.2, 0.25) is 0 Å². The number of hydrogen-bond donors (Lipinski definition) is 1. The van der Waals surface area contributed by atoms with E-state index in [-0.39, 0.29) is 11.5 Å². The molecule has 1 fully saturated rings. The molecule has 1 N–H and O–H groups in total. The first-order valence-electron chi connectivity index (χ1n) is 6.56. The Labute approximate surface area is 118 Å². The highest BCUT2D eigenvalue weighted by molar-refractivity contribution is 5.94. The van der Waals surface area contributed by atoms with Crippen LogP contribution in [0.4, 0.5) is 5.69 Å². The molecular formula is C15H18N2O3. The lowest BCUT2D eigenvalue weighted by molar-refractivity contribution is -0.129. The molecule has 2 rings (SSSR count). The summed E-state index contributed by atoms with van der Waals surface area (Å²) in [7, 11) is 3.14. The van der Waals surface area contributed by atoms with E-state index in [9.17, 15) is 4.79 Å². The summed E-state index contributed by atoms with van der Waals surface area (Å²) >= 11 is 0. The Morgan fingerprint density at radius 1 is 1.45 bits per heavy atom.